The smallest absolute Gasteiger partial charge is 0.405 e. The Labute approximate surface area is 75.1 Å². The van der Waals surface area contributed by atoms with Crippen LogP contribution < -0.4 is 25.2 Å². The molecule has 0 fully saturated rings. The van der Waals surface area contributed by atoms with Crippen molar-refractivity contribution in [2.75, 3.05) is 0 Å². The molecule has 0 aliphatic rings. The van der Waals surface area contributed by atoms with Crippen molar-refractivity contribution >= 4 is 0 Å². The zero-order valence-corrected chi connectivity index (χ0v) is 8.25. The van der Waals surface area contributed by atoms with E-state index < -0.39 is 29.6 Å². The quantitative estimate of drug-likeness (QED) is 0.393. The van der Waals surface area contributed by atoms with Crippen LogP contribution in [-0.4, -0.2) is 0 Å². The maximum absolute atomic E-state index is 8.52. The minimum atomic E-state index is -3.65. The summed E-state index contributed by atoms with van der Waals surface area (Å²) in [5, 5.41) is 0. The van der Waals surface area contributed by atoms with Gasteiger partial charge in [-0.05, 0) is 0 Å². The molecular formula is Br2O6Pd. The molecule has 0 radical (unpaired) electrons. The van der Waals surface area contributed by atoms with E-state index in [1.165, 1.54) is 0 Å². The standard InChI is InChI=1S/2BrO3.Pd/c2*2-1(3)4;/q2*-1;+2. The zero-order chi connectivity index (χ0) is 7.15. The summed E-state index contributed by atoms with van der Waals surface area (Å²) < 4.78 is 51.1. The fourth-order valence-electron chi connectivity index (χ4n) is 0. The van der Waals surface area contributed by atoms with Crippen molar-refractivity contribution in [1.29, 1.82) is 0 Å². The Bertz CT molecular complexity index is 26.5. The number of hydrogen-bond donors (Lipinski definition) is 0. The van der Waals surface area contributed by atoms with Gasteiger partial charge in [0, 0.05) is 0 Å². The minimum absolute atomic E-state index is 0. The van der Waals surface area contributed by atoms with E-state index in [-0.39, 0.29) is 20.4 Å². The molecule has 0 N–H and O–H groups in total. The van der Waals surface area contributed by atoms with Gasteiger partial charge >= 0.3 is 20.4 Å². The molecule has 0 aliphatic heterocycles. The van der Waals surface area contributed by atoms with Crippen LogP contribution in [0.15, 0.2) is 0 Å². The predicted molar refractivity (Wildman–Crippen MR) is 0 cm³/mol. The molecule has 0 aliphatic carbocycles. The maximum Gasteiger partial charge on any atom is 2.00 e. The first kappa shape index (κ1) is 16.8. The Balaban J connectivity index is -0.0000000720. The average Bonchev–Trinajstić information content (AvgIpc) is 1.25. The third-order valence-electron chi connectivity index (χ3n) is 0. The number of hydrogen-bond acceptors (Lipinski definition) is 6. The molecule has 0 spiro atoms. The van der Waals surface area contributed by atoms with Crippen LogP contribution >= 0.6 is 0 Å². The maximum atomic E-state index is 8.52. The van der Waals surface area contributed by atoms with Crippen LogP contribution in [0.2, 0.25) is 0 Å². The SMILES string of the molecule is [O-][Br+2]([O-])[O-].[O-][Br+2]([O-])[O-].[Pd+2]. The number of halogens is 2. The fourth-order valence-corrected chi connectivity index (χ4v) is 0. The van der Waals surface area contributed by atoms with Crippen molar-refractivity contribution in [2.24, 2.45) is 0 Å². The molecule has 0 heterocycles. The topological polar surface area (TPSA) is 138 Å². The largest absolute Gasteiger partial charge is 2.00 e. The third kappa shape index (κ3) is 268. The summed E-state index contributed by atoms with van der Waals surface area (Å²) in [6.45, 7) is 0. The van der Waals surface area contributed by atoms with Gasteiger partial charge in [0.25, 0.3) is 0 Å². The van der Waals surface area contributed by atoms with Crippen molar-refractivity contribution in [3.05, 3.63) is 0 Å². The van der Waals surface area contributed by atoms with E-state index >= 15 is 0 Å². The van der Waals surface area contributed by atoms with E-state index in [1.54, 1.807) is 0 Å². The minimum Gasteiger partial charge on any atom is -0.405 e. The number of rotatable bonds is 0. The molecule has 0 unspecified atom stereocenters. The van der Waals surface area contributed by atoms with Gasteiger partial charge in [0.1, 0.15) is 0 Å². The first-order valence-corrected chi connectivity index (χ1v) is 4.81. The van der Waals surface area contributed by atoms with E-state index in [0.717, 1.165) is 0 Å². The van der Waals surface area contributed by atoms with Crippen molar-refractivity contribution in [3.8, 4) is 0 Å². The van der Waals surface area contributed by atoms with E-state index in [9.17, 15) is 0 Å². The van der Waals surface area contributed by atoms with Gasteiger partial charge in [-0.2, -0.15) is 0 Å². The van der Waals surface area contributed by atoms with Crippen LogP contribution in [0.1, 0.15) is 0 Å². The van der Waals surface area contributed by atoms with Crippen molar-refractivity contribution in [1.82, 2.24) is 0 Å². The van der Waals surface area contributed by atoms with Crippen LogP contribution in [0.25, 0.3) is 0 Å². The summed E-state index contributed by atoms with van der Waals surface area (Å²) >= 11 is -7.29. The van der Waals surface area contributed by atoms with Crippen molar-refractivity contribution < 1.29 is 75.2 Å². The van der Waals surface area contributed by atoms with Gasteiger partial charge in [-0.1, -0.05) is 0 Å². The Kier molecular flexibility index (Phi) is 22.5. The molecule has 0 aromatic rings. The summed E-state index contributed by atoms with van der Waals surface area (Å²) in [5.74, 6) is 0. The van der Waals surface area contributed by atoms with Gasteiger partial charge in [-0.3, -0.25) is 0 Å². The summed E-state index contributed by atoms with van der Waals surface area (Å²) in [7, 11) is 0. The Morgan fingerprint density at radius 2 is 0.556 bits per heavy atom. The zero-order valence-electron chi connectivity index (χ0n) is 3.52. The van der Waals surface area contributed by atoms with E-state index in [0.29, 0.717) is 0 Å². The van der Waals surface area contributed by atoms with E-state index in [2.05, 4.69) is 0 Å². The summed E-state index contributed by atoms with van der Waals surface area (Å²) in [6, 6.07) is 0. The predicted octanol–water partition coefficient (Wildman–Crippen LogP) is -7.14. The Hall–Kier alpha value is 1.38. The molecule has 60 valence electrons. The van der Waals surface area contributed by atoms with Crippen molar-refractivity contribution in [3.63, 3.8) is 0 Å². The first-order chi connectivity index (χ1) is 3.46. The molecule has 0 aromatic carbocycles. The normalized spacial score (nSPS) is 8.00. The molecular weight excluding hydrogens is 362 g/mol. The second-order valence-corrected chi connectivity index (χ2v) is 1.96. The van der Waals surface area contributed by atoms with Crippen LogP contribution in [0.3, 0.4) is 0 Å². The average molecular weight is 362 g/mol. The van der Waals surface area contributed by atoms with Gasteiger partial charge in [0.05, 0.1) is 0 Å². The van der Waals surface area contributed by atoms with Crippen LogP contribution in [-0.2, 0) is 20.4 Å². The van der Waals surface area contributed by atoms with Crippen LogP contribution in [0, 0.1) is 29.6 Å². The van der Waals surface area contributed by atoms with Crippen LogP contribution in [0.4, 0.5) is 0 Å². The van der Waals surface area contributed by atoms with Gasteiger partial charge in [-0.15, -0.1) is 0 Å². The summed E-state index contributed by atoms with van der Waals surface area (Å²) in [4.78, 5) is 0. The molecule has 9 heavy (non-hydrogen) atoms. The van der Waals surface area contributed by atoms with Crippen molar-refractivity contribution in [2.45, 2.75) is 0 Å². The Morgan fingerprint density at radius 3 is 0.556 bits per heavy atom. The van der Waals surface area contributed by atoms with Gasteiger partial charge in [-0.25, -0.2) is 0 Å². The second kappa shape index (κ2) is 12.1. The molecule has 0 amide bonds. The van der Waals surface area contributed by atoms with E-state index in [1.807, 2.05) is 0 Å². The van der Waals surface area contributed by atoms with Crippen LogP contribution in [0.5, 0.6) is 0 Å². The van der Waals surface area contributed by atoms with E-state index in [4.69, 9.17) is 25.2 Å². The molecule has 9 heteroatoms. The molecule has 0 saturated heterocycles. The second-order valence-electron chi connectivity index (χ2n) is 0.378. The summed E-state index contributed by atoms with van der Waals surface area (Å²) in [5.41, 5.74) is 0. The molecule has 0 rings (SSSR count). The summed E-state index contributed by atoms with van der Waals surface area (Å²) in [6.07, 6.45) is 0. The molecule has 0 aromatic heterocycles. The third-order valence-corrected chi connectivity index (χ3v) is 0. The van der Waals surface area contributed by atoms with Gasteiger partial charge in [0.2, 0.25) is 29.6 Å². The fraction of sp³-hybridized carbons (Fsp3) is 0. The van der Waals surface area contributed by atoms with Gasteiger partial charge in [0.15, 0.2) is 0 Å². The molecule has 6 nitrogen and oxygen atoms in total. The first-order valence-electron chi connectivity index (χ1n) is 0.926. The molecule has 0 atom stereocenters. The monoisotopic (exact) mass is 360 g/mol. The molecule has 0 saturated carbocycles. The Morgan fingerprint density at radius 1 is 0.556 bits per heavy atom. The molecule has 0 bridgehead atoms. The van der Waals surface area contributed by atoms with Gasteiger partial charge < -0.3 is 25.2 Å².